The molecule has 1 unspecified atom stereocenters. The lowest BCUT2D eigenvalue weighted by molar-refractivity contribution is -0.123. The summed E-state index contributed by atoms with van der Waals surface area (Å²) < 4.78 is 1.67. The summed E-state index contributed by atoms with van der Waals surface area (Å²) >= 11 is 0. The topological polar surface area (TPSA) is 79.3 Å². The Morgan fingerprint density at radius 1 is 1.00 bits per heavy atom. The van der Waals surface area contributed by atoms with Gasteiger partial charge in [-0.05, 0) is 24.6 Å². The van der Waals surface area contributed by atoms with Gasteiger partial charge in [0.15, 0.2) is 0 Å². The fourth-order valence-electron chi connectivity index (χ4n) is 4.08. The van der Waals surface area contributed by atoms with Crippen molar-refractivity contribution in [3.8, 4) is 5.69 Å². The molecule has 2 aromatic carbocycles. The SMILES string of the molecule is CCCCN1C(=O)C2(NC(=O)c3cnn(-c4ccccc4)c3N2)c2ccccc21. The van der Waals surface area contributed by atoms with Crippen molar-refractivity contribution in [1.29, 1.82) is 0 Å². The number of benzene rings is 2. The molecule has 29 heavy (non-hydrogen) atoms. The Morgan fingerprint density at radius 3 is 2.55 bits per heavy atom. The number of rotatable bonds is 4. The fraction of sp³-hybridized carbons (Fsp3) is 0.227. The minimum Gasteiger partial charge on any atom is -0.335 e. The third kappa shape index (κ3) is 2.47. The van der Waals surface area contributed by atoms with Crippen molar-refractivity contribution in [3.63, 3.8) is 0 Å². The molecule has 5 rings (SSSR count). The number of amides is 2. The second kappa shape index (κ2) is 6.48. The lowest BCUT2D eigenvalue weighted by atomic mass is 9.97. The van der Waals surface area contributed by atoms with Crippen molar-refractivity contribution in [2.75, 3.05) is 16.8 Å². The zero-order chi connectivity index (χ0) is 20.0. The number of hydrogen-bond acceptors (Lipinski definition) is 4. The molecule has 2 aliphatic rings. The third-order valence-corrected chi connectivity index (χ3v) is 5.52. The largest absolute Gasteiger partial charge is 0.335 e. The van der Waals surface area contributed by atoms with Crippen molar-refractivity contribution in [2.24, 2.45) is 0 Å². The van der Waals surface area contributed by atoms with E-state index in [1.54, 1.807) is 9.58 Å². The quantitative estimate of drug-likeness (QED) is 0.721. The van der Waals surface area contributed by atoms with Crippen molar-refractivity contribution >= 4 is 23.3 Å². The predicted octanol–water partition coefficient (Wildman–Crippen LogP) is 3.03. The first kappa shape index (κ1) is 17.5. The van der Waals surface area contributed by atoms with Gasteiger partial charge in [-0.1, -0.05) is 49.7 Å². The van der Waals surface area contributed by atoms with Crippen LogP contribution < -0.4 is 15.5 Å². The van der Waals surface area contributed by atoms with Crippen LogP contribution in [0.4, 0.5) is 11.5 Å². The highest BCUT2D eigenvalue weighted by atomic mass is 16.2. The average molecular weight is 387 g/mol. The zero-order valence-electron chi connectivity index (χ0n) is 16.1. The first-order valence-corrected chi connectivity index (χ1v) is 9.81. The smallest absolute Gasteiger partial charge is 0.278 e. The summed E-state index contributed by atoms with van der Waals surface area (Å²) in [6.07, 6.45) is 3.39. The fourth-order valence-corrected chi connectivity index (χ4v) is 4.08. The van der Waals surface area contributed by atoms with Gasteiger partial charge in [0.25, 0.3) is 11.8 Å². The van der Waals surface area contributed by atoms with E-state index >= 15 is 0 Å². The summed E-state index contributed by atoms with van der Waals surface area (Å²) in [5, 5.41) is 10.7. The van der Waals surface area contributed by atoms with Gasteiger partial charge in [0, 0.05) is 12.1 Å². The van der Waals surface area contributed by atoms with Crippen molar-refractivity contribution in [2.45, 2.75) is 25.4 Å². The number of fused-ring (bicyclic) bond motifs is 3. The first-order valence-electron chi connectivity index (χ1n) is 9.81. The molecule has 3 aromatic rings. The van der Waals surface area contributed by atoms with Crippen molar-refractivity contribution in [3.05, 3.63) is 71.9 Å². The second-order valence-corrected chi connectivity index (χ2v) is 7.31. The Balaban J connectivity index is 1.64. The van der Waals surface area contributed by atoms with Crippen LogP contribution in [0.25, 0.3) is 5.69 Å². The van der Waals surface area contributed by atoms with Gasteiger partial charge in [-0.15, -0.1) is 0 Å². The Hall–Kier alpha value is -3.61. The van der Waals surface area contributed by atoms with Crippen LogP contribution in [0.1, 0.15) is 35.7 Å². The molecule has 0 fully saturated rings. The molecule has 7 nitrogen and oxygen atoms in total. The molecule has 1 atom stereocenters. The molecular weight excluding hydrogens is 366 g/mol. The molecule has 1 spiro atoms. The average Bonchev–Trinajstić information content (AvgIpc) is 3.27. The Kier molecular flexibility index (Phi) is 3.91. The van der Waals surface area contributed by atoms with Gasteiger partial charge in [-0.3, -0.25) is 9.59 Å². The van der Waals surface area contributed by atoms with Gasteiger partial charge in [0.1, 0.15) is 11.4 Å². The summed E-state index contributed by atoms with van der Waals surface area (Å²) in [6.45, 7) is 2.70. The van der Waals surface area contributed by atoms with Gasteiger partial charge in [-0.2, -0.15) is 5.10 Å². The van der Waals surface area contributed by atoms with Crippen LogP contribution in [0, 0.1) is 0 Å². The summed E-state index contributed by atoms with van der Waals surface area (Å²) in [5.41, 5.74) is 1.47. The molecule has 2 N–H and O–H groups in total. The van der Waals surface area contributed by atoms with Gasteiger partial charge < -0.3 is 15.5 Å². The summed E-state index contributed by atoms with van der Waals surface area (Å²) in [6, 6.07) is 17.2. The van der Waals surface area contributed by atoms with E-state index in [4.69, 9.17) is 0 Å². The van der Waals surface area contributed by atoms with Crippen LogP contribution in [0.2, 0.25) is 0 Å². The number of nitrogens with one attached hydrogen (secondary N) is 2. The van der Waals surface area contributed by atoms with E-state index < -0.39 is 5.66 Å². The van der Waals surface area contributed by atoms with Gasteiger partial charge in [0.2, 0.25) is 5.66 Å². The second-order valence-electron chi connectivity index (χ2n) is 7.31. The van der Waals surface area contributed by atoms with Crippen LogP contribution in [0.3, 0.4) is 0 Å². The minimum absolute atomic E-state index is 0.174. The molecule has 0 radical (unpaired) electrons. The monoisotopic (exact) mass is 387 g/mol. The Bertz CT molecular complexity index is 1110. The number of unbranched alkanes of at least 4 members (excludes halogenated alkanes) is 1. The van der Waals surface area contributed by atoms with Crippen LogP contribution in [-0.4, -0.2) is 28.1 Å². The highest BCUT2D eigenvalue weighted by Gasteiger charge is 2.55. The maximum Gasteiger partial charge on any atom is 0.278 e. The predicted molar refractivity (Wildman–Crippen MR) is 110 cm³/mol. The normalized spacial score (nSPS) is 19.7. The van der Waals surface area contributed by atoms with Crippen molar-refractivity contribution < 1.29 is 9.59 Å². The summed E-state index contributed by atoms with van der Waals surface area (Å²) in [4.78, 5) is 28.3. The summed E-state index contributed by atoms with van der Waals surface area (Å²) in [7, 11) is 0. The molecule has 0 aliphatic carbocycles. The molecule has 0 bridgehead atoms. The summed E-state index contributed by atoms with van der Waals surface area (Å²) in [5.74, 6) is 0.0221. The van der Waals surface area contributed by atoms with E-state index in [1.807, 2.05) is 54.6 Å². The molecule has 0 saturated carbocycles. The van der Waals surface area contributed by atoms with E-state index in [0.717, 1.165) is 29.8 Å². The number of carbonyl (C=O) groups is 2. The molecule has 1 aromatic heterocycles. The zero-order valence-corrected chi connectivity index (χ0v) is 16.1. The number of aromatic nitrogens is 2. The maximum absolute atomic E-state index is 13.6. The Labute approximate surface area is 168 Å². The lowest BCUT2D eigenvalue weighted by Crippen LogP contribution is -2.60. The van der Waals surface area contributed by atoms with E-state index in [9.17, 15) is 9.59 Å². The molecule has 3 heterocycles. The molecule has 0 saturated heterocycles. The number of carbonyl (C=O) groups excluding carboxylic acids is 2. The molecular formula is C22H21N5O2. The number of hydrogen-bond donors (Lipinski definition) is 2. The van der Waals surface area contributed by atoms with Gasteiger partial charge in [0.05, 0.1) is 17.6 Å². The van der Waals surface area contributed by atoms with E-state index in [-0.39, 0.29) is 11.8 Å². The van der Waals surface area contributed by atoms with E-state index in [2.05, 4.69) is 22.7 Å². The van der Waals surface area contributed by atoms with Crippen molar-refractivity contribution in [1.82, 2.24) is 15.1 Å². The van der Waals surface area contributed by atoms with E-state index in [1.165, 1.54) is 6.20 Å². The highest BCUT2D eigenvalue weighted by molar-refractivity contribution is 6.15. The number of para-hydroxylation sites is 2. The molecule has 2 amide bonds. The van der Waals surface area contributed by atoms with Crippen LogP contribution in [0.15, 0.2) is 60.8 Å². The molecule has 2 aliphatic heterocycles. The Morgan fingerprint density at radius 2 is 1.76 bits per heavy atom. The number of nitrogens with zero attached hydrogens (tertiary/aromatic N) is 3. The third-order valence-electron chi connectivity index (χ3n) is 5.52. The molecule has 7 heteroatoms. The first-order chi connectivity index (χ1) is 14.2. The number of anilines is 2. The lowest BCUT2D eigenvalue weighted by Gasteiger charge is -2.35. The maximum atomic E-state index is 13.6. The standard InChI is InChI=1S/C22H21N5O2/c1-2-3-13-26-18-12-8-7-11-17(18)22(21(26)29)24-19-16(20(28)25-22)14-23-27(19)15-9-5-4-6-10-15/h4-12,14,24H,2-3,13H2,1H3,(H,25,28). The highest BCUT2D eigenvalue weighted by Crippen LogP contribution is 2.43. The minimum atomic E-state index is -1.33. The van der Waals surface area contributed by atoms with E-state index in [0.29, 0.717) is 17.9 Å². The van der Waals surface area contributed by atoms with Gasteiger partial charge >= 0.3 is 0 Å². The van der Waals surface area contributed by atoms with Crippen LogP contribution >= 0.6 is 0 Å². The van der Waals surface area contributed by atoms with Crippen LogP contribution in [-0.2, 0) is 10.5 Å². The molecule has 146 valence electrons. The van der Waals surface area contributed by atoms with Gasteiger partial charge in [-0.25, -0.2) is 4.68 Å². The van der Waals surface area contributed by atoms with Crippen LogP contribution in [0.5, 0.6) is 0 Å².